The Balaban J connectivity index is 1.42. The number of aromatic nitrogens is 4. The summed E-state index contributed by atoms with van der Waals surface area (Å²) in [6.07, 6.45) is 3.75. The second-order valence-electron chi connectivity index (χ2n) is 10.6. The van der Waals surface area contributed by atoms with Crippen molar-refractivity contribution in [2.45, 2.75) is 45.6 Å². The van der Waals surface area contributed by atoms with Gasteiger partial charge in [-0.15, -0.1) is 0 Å². The Bertz CT molecular complexity index is 1690. The van der Waals surface area contributed by atoms with Crippen LogP contribution in [0, 0.1) is 5.92 Å². The van der Waals surface area contributed by atoms with Gasteiger partial charge in [-0.05, 0) is 67.0 Å². The van der Waals surface area contributed by atoms with Gasteiger partial charge < -0.3 is 24.2 Å². The van der Waals surface area contributed by atoms with E-state index >= 15 is 0 Å². The Hall–Kier alpha value is -4.06. The van der Waals surface area contributed by atoms with Crippen molar-refractivity contribution >= 4 is 24.8 Å². The maximum absolute atomic E-state index is 12.9. The number of carbonyl (C=O) groups is 1. The largest absolute Gasteiger partial charge is 0.524 e. The van der Waals surface area contributed by atoms with E-state index in [0.29, 0.717) is 30.3 Å². The third-order valence-electron chi connectivity index (χ3n) is 7.56. The van der Waals surface area contributed by atoms with Crippen molar-refractivity contribution in [2.24, 2.45) is 5.92 Å². The molecule has 1 saturated heterocycles. The molecule has 2 aromatic carbocycles. The third-order valence-corrected chi connectivity index (χ3v) is 7.99. The molecule has 3 heterocycles. The standard InChI is InChI=1S/C27H32N5O8P/c1-16(2)20-14-21(23(33)15-24(20)40-41(37,38)39)25-28-29-26(34)32(25)19-3-4-22-18(13-19)8-12-30(22)9-5-17-6-10-31(11-7-17)27(35)36/h3-4,8,12-17,33H,5-7,9-11H2,1-2H3,(H,29,34)(H,35,36)(H2,37,38,39). The van der Waals surface area contributed by atoms with Gasteiger partial charge in [0.2, 0.25) is 0 Å². The van der Waals surface area contributed by atoms with Crippen LogP contribution in [0.25, 0.3) is 28.0 Å². The van der Waals surface area contributed by atoms with Crippen LogP contribution in [-0.4, -0.2) is 63.4 Å². The number of amides is 1. The molecule has 5 rings (SSSR count). The number of aryl methyl sites for hydroxylation is 1. The first-order valence-corrected chi connectivity index (χ1v) is 14.8. The molecule has 2 aromatic heterocycles. The highest BCUT2D eigenvalue weighted by Crippen LogP contribution is 2.45. The zero-order valence-electron chi connectivity index (χ0n) is 22.6. The van der Waals surface area contributed by atoms with Crippen molar-refractivity contribution in [3.8, 4) is 28.6 Å². The minimum absolute atomic E-state index is 0.128. The first kappa shape index (κ1) is 28.5. The summed E-state index contributed by atoms with van der Waals surface area (Å²) < 4.78 is 19.7. The molecule has 41 heavy (non-hydrogen) atoms. The van der Waals surface area contributed by atoms with Crippen LogP contribution >= 0.6 is 7.82 Å². The second kappa shape index (κ2) is 11.1. The number of phosphoric acid groups is 1. The van der Waals surface area contributed by atoms with Gasteiger partial charge in [0.05, 0.1) is 11.3 Å². The number of piperidine rings is 1. The molecule has 1 amide bonds. The fourth-order valence-corrected chi connectivity index (χ4v) is 5.81. The average Bonchev–Trinajstić information content (AvgIpc) is 3.49. The molecule has 1 aliphatic rings. The van der Waals surface area contributed by atoms with E-state index in [0.717, 1.165) is 42.8 Å². The van der Waals surface area contributed by atoms with Gasteiger partial charge in [-0.2, -0.15) is 5.10 Å². The lowest BCUT2D eigenvalue weighted by Gasteiger charge is -2.30. The highest BCUT2D eigenvalue weighted by Gasteiger charge is 2.25. The Morgan fingerprint density at radius 3 is 2.56 bits per heavy atom. The maximum atomic E-state index is 12.9. The van der Waals surface area contributed by atoms with Gasteiger partial charge in [-0.1, -0.05) is 13.8 Å². The summed E-state index contributed by atoms with van der Waals surface area (Å²) in [7, 11) is -4.87. The van der Waals surface area contributed by atoms with Gasteiger partial charge in [0.15, 0.2) is 5.82 Å². The van der Waals surface area contributed by atoms with E-state index in [9.17, 15) is 29.0 Å². The quantitative estimate of drug-likeness (QED) is 0.189. The summed E-state index contributed by atoms with van der Waals surface area (Å²) in [5, 5.41) is 27.4. The molecule has 5 N–H and O–H groups in total. The van der Waals surface area contributed by atoms with E-state index in [4.69, 9.17) is 9.63 Å². The Morgan fingerprint density at radius 1 is 1.17 bits per heavy atom. The molecule has 0 saturated carbocycles. The summed E-state index contributed by atoms with van der Waals surface area (Å²) in [6, 6.07) is 10.1. The highest BCUT2D eigenvalue weighted by molar-refractivity contribution is 7.46. The van der Waals surface area contributed by atoms with Crippen molar-refractivity contribution in [3.05, 3.63) is 58.6 Å². The number of aromatic amines is 1. The number of carboxylic acid groups (broad SMARTS) is 1. The van der Waals surface area contributed by atoms with Gasteiger partial charge >= 0.3 is 19.6 Å². The topological polar surface area (TPSA) is 183 Å². The van der Waals surface area contributed by atoms with E-state index in [1.807, 2.05) is 24.4 Å². The number of fused-ring (bicyclic) bond motifs is 1. The van der Waals surface area contributed by atoms with Gasteiger partial charge in [0.1, 0.15) is 11.5 Å². The van der Waals surface area contributed by atoms with E-state index in [-0.39, 0.29) is 28.8 Å². The first-order chi connectivity index (χ1) is 19.4. The van der Waals surface area contributed by atoms with Crippen LogP contribution in [0.4, 0.5) is 4.79 Å². The molecule has 0 unspecified atom stereocenters. The molecule has 218 valence electrons. The summed E-state index contributed by atoms with van der Waals surface area (Å²) in [5.74, 6) is -0.163. The van der Waals surface area contributed by atoms with Gasteiger partial charge in [-0.3, -0.25) is 9.79 Å². The number of nitrogens with one attached hydrogen (secondary N) is 1. The zero-order valence-corrected chi connectivity index (χ0v) is 23.5. The van der Waals surface area contributed by atoms with Crippen molar-refractivity contribution in [2.75, 3.05) is 13.1 Å². The Morgan fingerprint density at radius 2 is 1.90 bits per heavy atom. The summed E-state index contributed by atoms with van der Waals surface area (Å²) in [6.45, 7) is 5.51. The van der Waals surface area contributed by atoms with E-state index in [1.165, 1.54) is 15.5 Å². The van der Waals surface area contributed by atoms with Crippen LogP contribution in [-0.2, 0) is 11.1 Å². The highest BCUT2D eigenvalue weighted by atomic mass is 31.2. The molecule has 0 radical (unpaired) electrons. The number of hydrogen-bond acceptors (Lipinski definition) is 6. The monoisotopic (exact) mass is 585 g/mol. The van der Waals surface area contributed by atoms with Gasteiger partial charge in [0.25, 0.3) is 0 Å². The number of likely N-dealkylation sites (tertiary alicyclic amines) is 1. The van der Waals surface area contributed by atoms with Crippen LogP contribution in [0.2, 0.25) is 0 Å². The number of H-pyrrole nitrogens is 1. The first-order valence-electron chi connectivity index (χ1n) is 13.3. The molecule has 1 aliphatic heterocycles. The smallest absolute Gasteiger partial charge is 0.507 e. The minimum atomic E-state index is -4.87. The van der Waals surface area contributed by atoms with E-state index in [2.05, 4.69) is 14.8 Å². The van der Waals surface area contributed by atoms with Crippen LogP contribution in [0.15, 0.2) is 47.4 Å². The third kappa shape index (κ3) is 6.02. The molecule has 1 fully saturated rings. The van der Waals surface area contributed by atoms with E-state index < -0.39 is 19.6 Å². The average molecular weight is 586 g/mol. The number of benzene rings is 2. The molecular formula is C27H32N5O8P. The minimum Gasteiger partial charge on any atom is -0.507 e. The number of phenols is 1. The Labute approximate surface area is 234 Å². The maximum Gasteiger partial charge on any atom is 0.524 e. The molecule has 0 aliphatic carbocycles. The summed E-state index contributed by atoms with van der Waals surface area (Å²) >= 11 is 0. The predicted molar refractivity (Wildman–Crippen MR) is 150 cm³/mol. The summed E-state index contributed by atoms with van der Waals surface area (Å²) in [4.78, 5) is 44.1. The molecule has 0 spiro atoms. The lowest BCUT2D eigenvalue weighted by Crippen LogP contribution is -2.37. The lowest BCUT2D eigenvalue weighted by atomic mass is 9.94. The molecule has 0 atom stereocenters. The SMILES string of the molecule is CC(C)c1cc(-c2n[nH]c(=O)n2-c2ccc3c(ccn3CCC3CCN(C(=O)O)CC3)c2)c(O)cc1OP(=O)(O)O. The number of rotatable bonds is 8. The number of phosphoric ester groups is 1. The normalized spacial score (nSPS) is 14.7. The number of nitrogens with zero attached hydrogens (tertiary/aromatic N) is 4. The van der Waals surface area contributed by atoms with Crippen LogP contribution in [0.5, 0.6) is 11.5 Å². The number of phenolic OH excluding ortho intramolecular Hbond substituents is 1. The molecule has 14 heteroatoms. The lowest BCUT2D eigenvalue weighted by molar-refractivity contribution is 0.122. The molecular weight excluding hydrogens is 553 g/mol. The molecule has 13 nitrogen and oxygen atoms in total. The fourth-order valence-electron chi connectivity index (χ4n) is 5.40. The Kier molecular flexibility index (Phi) is 7.69. The van der Waals surface area contributed by atoms with Crippen LogP contribution in [0.1, 0.15) is 44.6 Å². The van der Waals surface area contributed by atoms with E-state index in [1.54, 1.807) is 19.9 Å². The van der Waals surface area contributed by atoms with Crippen molar-refractivity contribution in [3.63, 3.8) is 0 Å². The number of aromatic hydroxyl groups is 1. The van der Waals surface area contributed by atoms with Crippen molar-refractivity contribution < 1.29 is 33.9 Å². The van der Waals surface area contributed by atoms with Gasteiger partial charge in [-0.25, -0.2) is 23.8 Å². The zero-order chi connectivity index (χ0) is 29.5. The second-order valence-corrected chi connectivity index (χ2v) is 11.7. The van der Waals surface area contributed by atoms with Crippen molar-refractivity contribution in [1.29, 1.82) is 0 Å². The molecule has 4 aromatic rings. The fraction of sp³-hybridized carbons (Fsp3) is 0.370. The predicted octanol–water partition coefficient (Wildman–Crippen LogP) is 4.26. The van der Waals surface area contributed by atoms with Gasteiger partial charge in [0, 0.05) is 42.8 Å². The number of hydrogen-bond donors (Lipinski definition) is 5. The van der Waals surface area contributed by atoms with Crippen LogP contribution < -0.4 is 10.2 Å². The summed E-state index contributed by atoms with van der Waals surface area (Å²) in [5.41, 5.74) is 1.60. The van der Waals surface area contributed by atoms with Crippen LogP contribution in [0.3, 0.4) is 0 Å². The molecule has 0 bridgehead atoms. The van der Waals surface area contributed by atoms with Crippen molar-refractivity contribution in [1.82, 2.24) is 24.2 Å².